The molecule has 200 valence electrons. The van der Waals surface area contributed by atoms with Crippen LogP contribution in [0.1, 0.15) is 73.6 Å². The second-order valence-electron chi connectivity index (χ2n) is 10.7. The van der Waals surface area contributed by atoms with E-state index in [1.54, 1.807) is 41.2 Å². The Hall–Kier alpha value is -3.94. The minimum absolute atomic E-state index is 0.180. The molecule has 2 amide bonds. The van der Waals surface area contributed by atoms with Gasteiger partial charge in [0.25, 0.3) is 5.91 Å². The Morgan fingerprint density at radius 3 is 2.08 bits per heavy atom. The number of nitrogens with zero attached hydrogens (tertiary/aromatic N) is 3. The first-order valence-electron chi connectivity index (χ1n) is 12.9. The molecule has 1 aromatic heterocycles. The van der Waals surface area contributed by atoms with Crippen molar-refractivity contribution in [2.75, 3.05) is 13.1 Å². The van der Waals surface area contributed by atoms with Gasteiger partial charge in [0.05, 0.1) is 17.8 Å². The number of piperidine rings is 1. The van der Waals surface area contributed by atoms with Crippen molar-refractivity contribution in [3.8, 4) is 0 Å². The van der Waals surface area contributed by atoms with Crippen molar-refractivity contribution in [2.24, 2.45) is 7.05 Å². The number of ether oxygens (including phenoxy) is 1. The third-order valence-corrected chi connectivity index (χ3v) is 6.52. The Bertz CT molecular complexity index is 1310. The summed E-state index contributed by atoms with van der Waals surface area (Å²) in [5.41, 5.74) is 5.13. The Labute approximate surface area is 223 Å². The lowest BCUT2D eigenvalue weighted by Crippen LogP contribution is -2.40. The van der Waals surface area contributed by atoms with Gasteiger partial charge in [0, 0.05) is 26.3 Å². The van der Waals surface area contributed by atoms with Crippen molar-refractivity contribution in [3.05, 3.63) is 94.6 Å². The molecule has 0 aliphatic carbocycles. The normalized spacial score (nSPS) is 14.7. The van der Waals surface area contributed by atoms with Gasteiger partial charge in [-0.15, -0.1) is 0 Å². The second kappa shape index (κ2) is 11.2. The molecule has 1 saturated heterocycles. The molecule has 0 radical (unpaired) electrons. The maximum Gasteiger partial charge on any atom is 0.410 e. The molecule has 1 fully saturated rings. The predicted octanol–water partition coefficient (Wildman–Crippen LogP) is 5.88. The van der Waals surface area contributed by atoms with E-state index < -0.39 is 5.60 Å². The maximum absolute atomic E-state index is 13.7. The standard InChI is InChI=1S/C30H35FN4O3/c1-20(33-28(36)25-18-32-34(5)19-25)21-6-8-22(9-7-21)27(23-10-12-26(31)13-11-23)24-14-16-35(17-15-24)29(37)38-30(2,3)4/h6-13,18-20H,14-17H2,1-5H3,(H,33,36)/t20-/m1/s1. The fourth-order valence-corrected chi connectivity index (χ4v) is 4.57. The smallest absolute Gasteiger partial charge is 0.410 e. The Balaban J connectivity index is 1.55. The minimum atomic E-state index is -0.539. The number of aromatic nitrogens is 2. The van der Waals surface area contributed by atoms with E-state index in [0.717, 1.165) is 22.3 Å². The number of likely N-dealkylation sites (tertiary alicyclic amines) is 1. The molecule has 0 spiro atoms. The van der Waals surface area contributed by atoms with Crippen LogP contribution in [0.4, 0.5) is 9.18 Å². The molecule has 4 rings (SSSR count). The molecule has 2 aromatic carbocycles. The average molecular weight is 519 g/mol. The summed E-state index contributed by atoms with van der Waals surface area (Å²) in [7, 11) is 1.77. The number of benzene rings is 2. The summed E-state index contributed by atoms with van der Waals surface area (Å²) in [6.07, 6.45) is 4.32. The van der Waals surface area contributed by atoms with Gasteiger partial charge in [-0.3, -0.25) is 9.48 Å². The molecule has 2 heterocycles. The highest BCUT2D eigenvalue weighted by molar-refractivity contribution is 5.94. The van der Waals surface area contributed by atoms with Gasteiger partial charge in [0.15, 0.2) is 0 Å². The summed E-state index contributed by atoms with van der Waals surface area (Å²) in [5.74, 6) is -0.466. The van der Waals surface area contributed by atoms with Crippen molar-refractivity contribution < 1.29 is 18.7 Å². The molecular formula is C30H35FN4O3. The molecule has 0 saturated carbocycles. The maximum atomic E-state index is 13.7. The van der Waals surface area contributed by atoms with Gasteiger partial charge in [-0.1, -0.05) is 42.0 Å². The number of rotatable bonds is 5. The highest BCUT2D eigenvalue weighted by atomic mass is 19.1. The average Bonchev–Trinajstić information content (AvgIpc) is 3.31. The van der Waals surface area contributed by atoms with Crippen LogP contribution in [0.3, 0.4) is 0 Å². The predicted molar refractivity (Wildman–Crippen MR) is 145 cm³/mol. The minimum Gasteiger partial charge on any atom is -0.444 e. The van der Waals surface area contributed by atoms with Gasteiger partial charge in [-0.05, 0) is 74.9 Å². The summed E-state index contributed by atoms with van der Waals surface area (Å²) >= 11 is 0. The zero-order valence-electron chi connectivity index (χ0n) is 22.6. The Morgan fingerprint density at radius 1 is 0.974 bits per heavy atom. The molecule has 0 bridgehead atoms. The Morgan fingerprint density at radius 2 is 1.55 bits per heavy atom. The largest absolute Gasteiger partial charge is 0.444 e. The number of carbonyl (C=O) groups is 2. The summed E-state index contributed by atoms with van der Waals surface area (Å²) in [4.78, 5) is 26.8. The van der Waals surface area contributed by atoms with E-state index in [4.69, 9.17) is 4.74 Å². The molecule has 1 atom stereocenters. The van der Waals surface area contributed by atoms with Crippen LogP contribution >= 0.6 is 0 Å². The summed E-state index contributed by atoms with van der Waals surface area (Å²) in [6, 6.07) is 14.4. The number of carbonyl (C=O) groups excluding carboxylic acids is 2. The first-order chi connectivity index (χ1) is 18.0. The number of hydrogen-bond donors (Lipinski definition) is 1. The molecular weight excluding hydrogens is 483 g/mol. The fraction of sp³-hybridized carbons (Fsp3) is 0.367. The van der Waals surface area contributed by atoms with E-state index in [0.29, 0.717) is 31.5 Å². The van der Waals surface area contributed by atoms with E-state index in [1.807, 2.05) is 52.0 Å². The van der Waals surface area contributed by atoms with Crippen LogP contribution in [0.25, 0.3) is 5.57 Å². The quantitative estimate of drug-likeness (QED) is 0.457. The van der Waals surface area contributed by atoms with Crippen LogP contribution in [0.5, 0.6) is 0 Å². The van der Waals surface area contributed by atoms with E-state index in [1.165, 1.54) is 17.7 Å². The lowest BCUT2D eigenvalue weighted by atomic mass is 9.88. The lowest BCUT2D eigenvalue weighted by molar-refractivity contribution is 0.0236. The number of amides is 2. The molecule has 3 aromatic rings. The van der Waals surface area contributed by atoms with Crippen molar-refractivity contribution in [1.29, 1.82) is 0 Å². The monoisotopic (exact) mass is 518 g/mol. The van der Waals surface area contributed by atoms with E-state index in [2.05, 4.69) is 10.4 Å². The van der Waals surface area contributed by atoms with Crippen LogP contribution in [0, 0.1) is 5.82 Å². The van der Waals surface area contributed by atoms with Crippen molar-refractivity contribution >= 4 is 17.6 Å². The molecule has 7 nitrogen and oxygen atoms in total. The first-order valence-corrected chi connectivity index (χ1v) is 12.9. The Kier molecular flexibility index (Phi) is 7.99. The third-order valence-electron chi connectivity index (χ3n) is 6.52. The van der Waals surface area contributed by atoms with E-state index in [9.17, 15) is 14.0 Å². The van der Waals surface area contributed by atoms with E-state index >= 15 is 0 Å². The van der Waals surface area contributed by atoms with Gasteiger partial charge in [0.2, 0.25) is 0 Å². The number of nitrogens with one attached hydrogen (secondary N) is 1. The van der Waals surface area contributed by atoms with Gasteiger partial charge < -0.3 is 15.0 Å². The molecule has 1 aliphatic heterocycles. The summed E-state index contributed by atoms with van der Waals surface area (Å²) < 4.78 is 20.9. The van der Waals surface area contributed by atoms with Crippen LogP contribution < -0.4 is 5.32 Å². The van der Waals surface area contributed by atoms with Gasteiger partial charge in [-0.2, -0.15) is 5.10 Å². The van der Waals surface area contributed by atoms with E-state index in [-0.39, 0.29) is 23.9 Å². The molecule has 1 N–H and O–H groups in total. The molecule has 38 heavy (non-hydrogen) atoms. The van der Waals surface area contributed by atoms with Crippen molar-refractivity contribution in [1.82, 2.24) is 20.0 Å². The van der Waals surface area contributed by atoms with Crippen molar-refractivity contribution in [3.63, 3.8) is 0 Å². The first kappa shape index (κ1) is 27.1. The third kappa shape index (κ3) is 6.68. The van der Waals surface area contributed by atoms with Crippen LogP contribution in [0.2, 0.25) is 0 Å². The lowest BCUT2D eigenvalue weighted by Gasteiger charge is -2.32. The number of halogens is 1. The van der Waals surface area contributed by atoms with Crippen LogP contribution in [0.15, 0.2) is 66.5 Å². The molecule has 1 aliphatic rings. The van der Waals surface area contributed by atoms with Gasteiger partial charge in [-0.25, -0.2) is 9.18 Å². The zero-order chi connectivity index (χ0) is 27.4. The highest BCUT2D eigenvalue weighted by Gasteiger charge is 2.26. The van der Waals surface area contributed by atoms with Crippen molar-refractivity contribution in [2.45, 2.75) is 52.2 Å². The van der Waals surface area contributed by atoms with Crippen LogP contribution in [-0.2, 0) is 11.8 Å². The topological polar surface area (TPSA) is 76.5 Å². The van der Waals surface area contributed by atoms with Gasteiger partial charge in [0.1, 0.15) is 11.4 Å². The highest BCUT2D eigenvalue weighted by Crippen LogP contribution is 2.33. The number of hydrogen-bond acceptors (Lipinski definition) is 4. The molecule has 0 unspecified atom stereocenters. The van der Waals surface area contributed by atoms with Crippen LogP contribution in [-0.4, -0.2) is 45.4 Å². The SMILES string of the molecule is C[C@@H](NC(=O)c1cnn(C)c1)c1ccc(C(=C2CCN(C(=O)OC(C)(C)C)CC2)c2ccc(F)cc2)cc1. The second-order valence-corrected chi connectivity index (χ2v) is 10.7. The number of aryl methyl sites for hydroxylation is 1. The molecule has 8 heteroatoms. The van der Waals surface area contributed by atoms with Gasteiger partial charge >= 0.3 is 6.09 Å². The fourth-order valence-electron chi connectivity index (χ4n) is 4.57. The summed E-state index contributed by atoms with van der Waals surface area (Å²) in [6.45, 7) is 8.65. The summed E-state index contributed by atoms with van der Waals surface area (Å²) in [5, 5.41) is 7.07. The zero-order valence-corrected chi connectivity index (χ0v) is 22.6.